The third-order valence-electron chi connectivity index (χ3n) is 2.28. The van der Waals surface area contributed by atoms with E-state index in [2.05, 4.69) is 18.2 Å². The summed E-state index contributed by atoms with van der Waals surface area (Å²) in [5, 5.41) is 0. The Labute approximate surface area is 78.0 Å². The molecule has 13 heavy (non-hydrogen) atoms. The van der Waals surface area contributed by atoms with E-state index in [9.17, 15) is 0 Å². The van der Waals surface area contributed by atoms with Gasteiger partial charge in [-0.15, -0.1) is 0 Å². The molecule has 2 rings (SSSR count). The summed E-state index contributed by atoms with van der Waals surface area (Å²) in [5.74, 6) is 0. The molecule has 0 fully saturated rings. The van der Waals surface area contributed by atoms with Crippen LogP contribution in [0.4, 0.5) is 0 Å². The third-order valence-corrected chi connectivity index (χ3v) is 2.28. The van der Waals surface area contributed by atoms with Crippen molar-refractivity contribution in [2.45, 2.75) is 12.5 Å². The summed E-state index contributed by atoms with van der Waals surface area (Å²) < 4.78 is 5.48. The van der Waals surface area contributed by atoms with Crippen LogP contribution < -0.4 is 5.73 Å². The van der Waals surface area contributed by atoms with Crippen LogP contribution in [-0.2, 0) is 11.2 Å². The summed E-state index contributed by atoms with van der Waals surface area (Å²) in [4.78, 5) is 0. The highest BCUT2D eigenvalue weighted by atomic mass is 16.5. The minimum atomic E-state index is 0.249. The zero-order valence-electron chi connectivity index (χ0n) is 7.44. The van der Waals surface area contributed by atoms with Gasteiger partial charge in [0.25, 0.3) is 0 Å². The summed E-state index contributed by atoms with van der Waals surface area (Å²) >= 11 is 0. The minimum absolute atomic E-state index is 0.249. The molecule has 2 heteroatoms. The Morgan fingerprint density at radius 2 is 2.31 bits per heavy atom. The summed E-state index contributed by atoms with van der Waals surface area (Å²) in [5.41, 5.74) is 8.01. The van der Waals surface area contributed by atoms with Crippen molar-refractivity contribution in [1.82, 2.24) is 0 Å². The van der Waals surface area contributed by atoms with Crippen molar-refractivity contribution in [2.75, 3.05) is 6.54 Å². The summed E-state index contributed by atoms with van der Waals surface area (Å²) in [7, 11) is 0. The van der Waals surface area contributed by atoms with Crippen molar-refractivity contribution in [3.8, 4) is 0 Å². The van der Waals surface area contributed by atoms with Gasteiger partial charge in [0.05, 0.1) is 6.26 Å². The van der Waals surface area contributed by atoms with Gasteiger partial charge in [0.2, 0.25) is 0 Å². The molecule has 0 aliphatic heterocycles. The van der Waals surface area contributed by atoms with E-state index in [1.807, 2.05) is 12.1 Å². The monoisotopic (exact) mass is 175 g/mol. The maximum Gasteiger partial charge on any atom is 0.127 e. The van der Waals surface area contributed by atoms with E-state index in [4.69, 9.17) is 10.5 Å². The Balaban J connectivity index is 1.98. The zero-order valence-corrected chi connectivity index (χ0v) is 7.44. The molecule has 0 aromatic heterocycles. The van der Waals surface area contributed by atoms with Crippen molar-refractivity contribution in [3.05, 3.63) is 47.7 Å². The number of rotatable bonds is 3. The second kappa shape index (κ2) is 3.62. The quantitative estimate of drug-likeness (QED) is 0.710. The molecule has 68 valence electrons. The van der Waals surface area contributed by atoms with Gasteiger partial charge in [-0.05, 0) is 17.2 Å². The SMILES string of the molecule is NC/C=C/OC1Cc2ccccc21. The molecule has 2 nitrogen and oxygen atoms in total. The fourth-order valence-electron chi connectivity index (χ4n) is 1.54. The molecular formula is C11H13NO. The molecule has 0 bridgehead atoms. The normalized spacial score (nSPS) is 19.6. The second-order valence-electron chi connectivity index (χ2n) is 3.14. The van der Waals surface area contributed by atoms with Gasteiger partial charge < -0.3 is 10.5 Å². The fraction of sp³-hybridized carbons (Fsp3) is 0.273. The van der Waals surface area contributed by atoms with Crippen LogP contribution in [0.3, 0.4) is 0 Å². The van der Waals surface area contributed by atoms with Crippen molar-refractivity contribution >= 4 is 0 Å². The highest BCUT2D eigenvalue weighted by molar-refractivity contribution is 5.38. The second-order valence-corrected chi connectivity index (χ2v) is 3.14. The van der Waals surface area contributed by atoms with Gasteiger partial charge >= 0.3 is 0 Å². The van der Waals surface area contributed by atoms with Gasteiger partial charge in [0.1, 0.15) is 6.10 Å². The summed E-state index contributed by atoms with van der Waals surface area (Å²) in [6.45, 7) is 0.536. The first-order valence-electron chi connectivity index (χ1n) is 4.50. The van der Waals surface area contributed by atoms with Crippen LogP contribution in [0.25, 0.3) is 0 Å². The molecular weight excluding hydrogens is 162 g/mol. The van der Waals surface area contributed by atoms with Crippen LogP contribution in [0.2, 0.25) is 0 Å². The first-order valence-corrected chi connectivity index (χ1v) is 4.50. The predicted octanol–water partition coefficient (Wildman–Crippen LogP) is 1.77. The highest BCUT2D eigenvalue weighted by Gasteiger charge is 2.25. The van der Waals surface area contributed by atoms with Gasteiger partial charge in [-0.1, -0.05) is 24.3 Å². The Morgan fingerprint density at radius 3 is 3.08 bits per heavy atom. The average Bonchev–Trinajstić information content (AvgIpc) is 2.13. The Bertz CT molecular complexity index is 320. The summed E-state index contributed by atoms with van der Waals surface area (Å²) in [6, 6.07) is 8.35. The van der Waals surface area contributed by atoms with E-state index >= 15 is 0 Å². The maximum atomic E-state index is 5.48. The van der Waals surface area contributed by atoms with Gasteiger partial charge in [0.15, 0.2) is 0 Å². The number of nitrogens with two attached hydrogens (primary N) is 1. The number of hydrogen-bond donors (Lipinski definition) is 1. The largest absolute Gasteiger partial charge is 0.493 e. The number of fused-ring (bicyclic) bond motifs is 1. The van der Waals surface area contributed by atoms with E-state index in [0.29, 0.717) is 6.54 Å². The average molecular weight is 175 g/mol. The lowest BCUT2D eigenvalue weighted by Crippen LogP contribution is -2.17. The van der Waals surface area contributed by atoms with Crippen molar-refractivity contribution in [2.24, 2.45) is 5.73 Å². The number of benzene rings is 1. The van der Waals surface area contributed by atoms with Crippen molar-refractivity contribution < 1.29 is 4.74 Å². The molecule has 0 saturated heterocycles. The molecule has 1 aromatic rings. The molecule has 1 unspecified atom stereocenters. The lowest BCUT2D eigenvalue weighted by molar-refractivity contribution is 0.124. The Kier molecular flexibility index (Phi) is 2.32. The van der Waals surface area contributed by atoms with Crippen molar-refractivity contribution in [3.63, 3.8) is 0 Å². The fourth-order valence-corrected chi connectivity index (χ4v) is 1.54. The third kappa shape index (κ3) is 1.58. The highest BCUT2D eigenvalue weighted by Crippen LogP contribution is 2.35. The molecule has 0 radical (unpaired) electrons. The first-order chi connectivity index (χ1) is 6.42. The van der Waals surface area contributed by atoms with Crippen LogP contribution in [0.1, 0.15) is 17.2 Å². The Hall–Kier alpha value is -1.28. The van der Waals surface area contributed by atoms with Crippen LogP contribution >= 0.6 is 0 Å². The van der Waals surface area contributed by atoms with E-state index in [0.717, 1.165) is 6.42 Å². The molecule has 1 aliphatic carbocycles. The van der Waals surface area contributed by atoms with Gasteiger partial charge in [-0.3, -0.25) is 0 Å². The topological polar surface area (TPSA) is 35.2 Å². The molecule has 0 saturated carbocycles. The lowest BCUT2D eigenvalue weighted by Gasteiger charge is -2.28. The van der Waals surface area contributed by atoms with E-state index < -0.39 is 0 Å². The number of hydrogen-bond acceptors (Lipinski definition) is 2. The molecule has 0 spiro atoms. The summed E-state index contributed by atoms with van der Waals surface area (Å²) in [6.07, 6.45) is 4.78. The minimum Gasteiger partial charge on any atom is -0.493 e. The van der Waals surface area contributed by atoms with Gasteiger partial charge in [-0.2, -0.15) is 0 Å². The first kappa shape index (κ1) is 8.32. The molecule has 2 N–H and O–H groups in total. The van der Waals surface area contributed by atoms with E-state index in [-0.39, 0.29) is 6.10 Å². The standard InChI is InChI=1S/C11H13NO/c12-6-3-7-13-11-8-9-4-1-2-5-10(9)11/h1-5,7,11H,6,8,12H2/b7-3+. The molecule has 0 heterocycles. The number of ether oxygens (including phenoxy) is 1. The van der Waals surface area contributed by atoms with E-state index in [1.165, 1.54) is 11.1 Å². The predicted molar refractivity (Wildman–Crippen MR) is 52.2 cm³/mol. The Morgan fingerprint density at radius 1 is 1.46 bits per heavy atom. The smallest absolute Gasteiger partial charge is 0.127 e. The van der Waals surface area contributed by atoms with Crippen LogP contribution in [0.15, 0.2) is 36.6 Å². The molecule has 1 atom stereocenters. The zero-order chi connectivity index (χ0) is 9.10. The molecule has 1 aliphatic rings. The van der Waals surface area contributed by atoms with Crippen molar-refractivity contribution in [1.29, 1.82) is 0 Å². The van der Waals surface area contributed by atoms with E-state index in [1.54, 1.807) is 6.26 Å². The molecule has 0 amide bonds. The maximum absolute atomic E-state index is 5.48. The van der Waals surface area contributed by atoms with Crippen LogP contribution in [0, 0.1) is 0 Å². The van der Waals surface area contributed by atoms with Crippen LogP contribution in [0.5, 0.6) is 0 Å². The van der Waals surface area contributed by atoms with Gasteiger partial charge in [0, 0.05) is 13.0 Å². The molecule has 1 aromatic carbocycles. The van der Waals surface area contributed by atoms with Gasteiger partial charge in [-0.25, -0.2) is 0 Å². The van der Waals surface area contributed by atoms with Crippen LogP contribution in [-0.4, -0.2) is 6.54 Å². The lowest BCUT2D eigenvalue weighted by atomic mass is 9.86.